The molecule has 7 aliphatic heterocycles. The van der Waals surface area contributed by atoms with E-state index in [0.29, 0.717) is 22.6 Å². The van der Waals surface area contributed by atoms with E-state index in [0.717, 1.165) is 0 Å². The SMILES string of the molecule is C[C@@H](O)[C@H]1OC(C)(C)O[C@@H]1[C@@H](C)O.C[C@H]1OS(=O)(=O)O[C@H](C)[C@H]2OC(C)(C)O[C@@H]21.C[C@H]1[C@H]2OC(C)(C)O[C@@H]2[C@H](C)P1c1ccccc1P1[C@@H](C)[C@H]2OC(C)(C)O[C@@H]2[C@@H]1C. The van der Waals surface area contributed by atoms with Crippen LogP contribution >= 0.6 is 15.8 Å². The highest BCUT2D eigenvalue weighted by atomic mass is 32.3. The molecular formula is C42H70O14P2S. The first-order valence-corrected chi connectivity index (χ1v) is 25.4. The largest absolute Gasteiger partial charge is 0.400 e. The van der Waals surface area contributed by atoms with E-state index in [1.54, 1.807) is 66.0 Å². The topological polar surface area (TPSA) is 167 Å². The van der Waals surface area contributed by atoms with Gasteiger partial charge in [-0.2, -0.15) is 8.42 Å². The fourth-order valence-corrected chi connectivity index (χ4v) is 18.2. The third-order valence-electron chi connectivity index (χ3n) is 12.2. The Kier molecular flexibility index (Phi) is 14.0. The zero-order chi connectivity index (χ0) is 43.9. The lowest BCUT2D eigenvalue weighted by Gasteiger charge is -2.33. The summed E-state index contributed by atoms with van der Waals surface area (Å²) in [6.07, 6.45) is -3.50. The Labute approximate surface area is 354 Å². The Morgan fingerprint density at radius 1 is 0.492 bits per heavy atom. The summed E-state index contributed by atoms with van der Waals surface area (Å²) in [6, 6.07) is 9.22. The molecule has 14 nitrogen and oxygen atoms in total. The molecule has 0 radical (unpaired) electrons. The van der Waals surface area contributed by atoms with Gasteiger partial charge >= 0.3 is 10.4 Å². The van der Waals surface area contributed by atoms with Crippen molar-refractivity contribution in [2.45, 2.75) is 230 Å². The highest BCUT2D eigenvalue weighted by Gasteiger charge is 2.59. The molecule has 0 bridgehead atoms. The van der Waals surface area contributed by atoms with Crippen molar-refractivity contribution in [1.29, 1.82) is 0 Å². The zero-order valence-electron chi connectivity index (χ0n) is 37.6. The third kappa shape index (κ3) is 10.1. The lowest BCUT2D eigenvalue weighted by molar-refractivity contribution is -0.160. The van der Waals surface area contributed by atoms with Crippen molar-refractivity contribution in [3.8, 4) is 0 Å². The molecule has 59 heavy (non-hydrogen) atoms. The molecule has 17 heteroatoms. The van der Waals surface area contributed by atoms with Crippen LogP contribution in [0.3, 0.4) is 0 Å². The van der Waals surface area contributed by atoms with Crippen molar-refractivity contribution in [3.05, 3.63) is 24.3 Å². The van der Waals surface area contributed by atoms with Crippen molar-refractivity contribution < 1.29 is 64.9 Å². The predicted octanol–water partition coefficient (Wildman–Crippen LogP) is 5.37. The van der Waals surface area contributed by atoms with E-state index in [9.17, 15) is 18.6 Å². The minimum absolute atomic E-state index is 0.201. The molecule has 1 aromatic carbocycles. The van der Waals surface area contributed by atoms with Gasteiger partial charge in [0.25, 0.3) is 0 Å². The lowest BCUT2D eigenvalue weighted by Crippen LogP contribution is -2.39. The first-order chi connectivity index (χ1) is 27.0. The van der Waals surface area contributed by atoms with Crippen LogP contribution in [-0.2, 0) is 56.7 Å². The van der Waals surface area contributed by atoms with E-state index in [1.807, 2.05) is 27.7 Å². The zero-order valence-corrected chi connectivity index (χ0v) is 40.2. The quantitative estimate of drug-likeness (QED) is 0.371. The van der Waals surface area contributed by atoms with Crippen LogP contribution in [0.4, 0.5) is 0 Å². The summed E-state index contributed by atoms with van der Waals surface area (Å²) in [7, 11) is -4.68. The molecular weight excluding hydrogens is 822 g/mol. The van der Waals surface area contributed by atoms with Crippen LogP contribution in [-0.4, -0.2) is 138 Å². The number of benzene rings is 1. The average molecular weight is 893 g/mol. The molecule has 0 amide bonds. The molecule has 7 aliphatic rings. The van der Waals surface area contributed by atoms with E-state index in [4.69, 9.17) is 46.3 Å². The lowest BCUT2D eigenvalue weighted by atomic mass is 10.1. The fraction of sp³-hybridized carbons (Fsp3) is 0.857. The maximum Gasteiger partial charge on any atom is 0.400 e. The second-order valence-electron chi connectivity index (χ2n) is 19.0. The van der Waals surface area contributed by atoms with Gasteiger partial charge < -0.3 is 48.1 Å². The van der Waals surface area contributed by atoms with Gasteiger partial charge in [-0.1, -0.05) is 67.8 Å². The Morgan fingerprint density at radius 2 is 0.746 bits per heavy atom. The second kappa shape index (κ2) is 17.2. The molecule has 16 atom stereocenters. The van der Waals surface area contributed by atoms with Crippen LogP contribution in [0.1, 0.15) is 111 Å². The van der Waals surface area contributed by atoms with Gasteiger partial charge in [0, 0.05) is 22.6 Å². The van der Waals surface area contributed by atoms with Gasteiger partial charge in [-0.15, -0.1) is 0 Å². The predicted molar refractivity (Wildman–Crippen MR) is 226 cm³/mol. The molecule has 2 N–H and O–H groups in total. The smallest absolute Gasteiger partial charge is 0.391 e. The number of rotatable bonds is 4. The fourth-order valence-electron chi connectivity index (χ4n) is 9.89. The minimum Gasteiger partial charge on any atom is -0.391 e. The van der Waals surface area contributed by atoms with Gasteiger partial charge in [-0.25, -0.2) is 8.37 Å². The van der Waals surface area contributed by atoms with Gasteiger partial charge in [0.05, 0.1) is 36.6 Å². The molecule has 0 aliphatic carbocycles. The Morgan fingerprint density at radius 3 is 1.02 bits per heavy atom. The summed E-state index contributed by atoms with van der Waals surface area (Å²) in [5.41, 5.74) is 1.99. The normalized spacial score (nSPS) is 45.5. The van der Waals surface area contributed by atoms with Crippen molar-refractivity contribution in [2.24, 2.45) is 0 Å². The van der Waals surface area contributed by atoms with E-state index in [-0.39, 0.29) is 40.3 Å². The molecule has 1 aromatic rings. The summed E-state index contributed by atoms with van der Waals surface area (Å²) < 4.78 is 79.9. The van der Waals surface area contributed by atoms with Gasteiger partial charge in [-0.3, -0.25) is 0 Å². The second-order valence-corrected chi connectivity index (χ2v) is 26.1. The summed E-state index contributed by atoms with van der Waals surface area (Å²) in [4.78, 5) is 0. The van der Waals surface area contributed by atoms with Gasteiger partial charge in [0.1, 0.15) is 36.6 Å². The molecule has 0 saturated carbocycles. The number of fused-ring (bicyclic) bond motifs is 3. The number of hydrogen-bond acceptors (Lipinski definition) is 14. The molecule has 7 heterocycles. The number of aliphatic hydroxyl groups excluding tert-OH is 2. The minimum atomic E-state index is -3.96. The summed E-state index contributed by atoms with van der Waals surface area (Å²) >= 11 is 0. The highest BCUT2D eigenvalue weighted by molar-refractivity contribution is 7.81. The van der Waals surface area contributed by atoms with Crippen LogP contribution in [0.15, 0.2) is 24.3 Å². The van der Waals surface area contributed by atoms with Gasteiger partial charge in [0.2, 0.25) is 0 Å². The Hall–Kier alpha value is -0.450. The molecule has 8 rings (SSSR count). The molecule has 0 unspecified atom stereocenters. The van der Waals surface area contributed by atoms with E-state index in [1.165, 1.54) is 0 Å². The average Bonchev–Trinajstić information content (AvgIpc) is 3.89. The number of aliphatic hydroxyl groups is 2. The maximum absolute atomic E-state index is 11.3. The summed E-state index contributed by atoms with van der Waals surface area (Å²) in [6.45, 7) is 31.3. The van der Waals surface area contributed by atoms with Crippen LogP contribution in [0.5, 0.6) is 0 Å². The molecule has 0 aromatic heterocycles. The monoisotopic (exact) mass is 892 g/mol. The van der Waals surface area contributed by atoms with Crippen molar-refractivity contribution >= 4 is 36.9 Å². The first-order valence-electron chi connectivity index (χ1n) is 21.1. The highest BCUT2D eigenvalue weighted by Crippen LogP contribution is 2.63. The van der Waals surface area contributed by atoms with Crippen LogP contribution in [0, 0.1) is 0 Å². The number of ether oxygens (including phenoxy) is 8. The molecule has 7 saturated heterocycles. The third-order valence-corrected chi connectivity index (χ3v) is 20.0. The Balaban J connectivity index is 0.000000169. The van der Waals surface area contributed by atoms with E-state index < -0.39 is 82.4 Å². The summed E-state index contributed by atoms with van der Waals surface area (Å²) in [5.74, 6) is -2.39. The molecule has 0 spiro atoms. The molecule has 7 fully saturated rings. The van der Waals surface area contributed by atoms with Crippen LogP contribution in [0.25, 0.3) is 0 Å². The maximum atomic E-state index is 11.3. The summed E-state index contributed by atoms with van der Waals surface area (Å²) in [5, 5.41) is 21.9. The van der Waals surface area contributed by atoms with Crippen molar-refractivity contribution in [1.82, 2.24) is 0 Å². The van der Waals surface area contributed by atoms with E-state index >= 15 is 0 Å². The van der Waals surface area contributed by atoms with Crippen LogP contribution in [0.2, 0.25) is 0 Å². The number of hydrogen-bond donors (Lipinski definition) is 2. The first kappa shape index (κ1) is 48.0. The van der Waals surface area contributed by atoms with Gasteiger partial charge in [0.15, 0.2) is 23.1 Å². The standard InChI is InChI=1S/C24H36O4P2.C9H16O6S.C9H18O4/c1-13-19-20(26-23(5,6)25-19)14(2)29(13)17-11-9-10-12-18(17)30-15(3)21-22(16(30)4)28-24(7,8)27-21;1-5-7-8(13-9(3,4)12-7)6(2)15-16(10,11)14-5;1-5(10)7-8(6(2)11)13-9(3,4)12-7/h9-16,19-22H,1-8H3;5-8H,1-4H3;5-8,10-11H,1-4H3/t13-,14-,15-,16-,19+,20+,21+,22+;2*5-,6-,7-,8-/m011/s1. The van der Waals surface area contributed by atoms with Crippen molar-refractivity contribution in [2.75, 3.05) is 0 Å². The van der Waals surface area contributed by atoms with Crippen molar-refractivity contribution in [3.63, 3.8) is 0 Å². The molecule has 338 valence electrons. The Bertz CT molecular complexity index is 1590. The van der Waals surface area contributed by atoms with E-state index in [2.05, 4.69) is 52.0 Å². The van der Waals surface area contributed by atoms with Gasteiger partial charge in [-0.05, 0) is 93.7 Å². The van der Waals surface area contributed by atoms with Crippen LogP contribution < -0.4 is 10.6 Å².